The summed E-state index contributed by atoms with van der Waals surface area (Å²) in [5, 5.41) is 6.44. The average molecular weight is 239 g/mol. The van der Waals surface area contributed by atoms with Crippen molar-refractivity contribution in [2.45, 2.75) is 38.6 Å². The molecule has 0 aromatic heterocycles. The van der Waals surface area contributed by atoms with Gasteiger partial charge in [-0.25, -0.2) is 0 Å². The number of hydrogen-bond acceptors (Lipinski definition) is 1. The Kier molecular flexibility index (Phi) is 3.22. The van der Waals surface area contributed by atoms with Gasteiger partial charge in [0.2, 0.25) is 0 Å². The zero-order chi connectivity index (χ0) is 12.4. The molecular formula is C17H21N. The van der Waals surface area contributed by atoms with Crippen molar-refractivity contribution < 1.29 is 0 Å². The van der Waals surface area contributed by atoms with Gasteiger partial charge in [-0.05, 0) is 30.2 Å². The van der Waals surface area contributed by atoms with Crippen LogP contribution in [-0.4, -0.2) is 6.04 Å². The third-order valence-electron chi connectivity index (χ3n) is 4.24. The Labute approximate surface area is 109 Å². The monoisotopic (exact) mass is 239 g/mol. The van der Waals surface area contributed by atoms with E-state index in [1.807, 2.05) is 0 Å². The Bertz CT molecular complexity index is 527. The van der Waals surface area contributed by atoms with Gasteiger partial charge in [0.05, 0.1) is 0 Å². The molecule has 1 aliphatic rings. The van der Waals surface area contributed by atoms with Gasteiger partial charge in [-0.3, -0.25) is 0 Å². The van der Waals surface area contributed by atoms with Gasteiger partial charge in [0, 0.05) is 17.1 Å². The SMILES string of the molecule is CC1CCCCC1Nc1cccc2ccccc12. The summed E-state index contributed by atoms with van der Waals surface area (Å²) in [4.78, 5) is 0. The van der Waals surface area contributed by atoms with Crippen LogP contribution in [0.5, 0.6) is 0 Å². The molecular weight excluding hydrogens is 218 g/mol. The largest absolute Gasteiger partial charge is 0.382 e. The van der Waals surface area contributed by atoms with Gasteiger partial charge in [-0.1, -0.05) is 56.2 Å². The van der Waals surface area contributed by atoms with Crippen molar-refractivity contribution in [2.24, 2.45) is 5.92 Å². The van der Waals surface area contributed by atoms with E-state index >= 15 is 0 Å². The molecule has 0 bridgehead atoms. The van der Waals surface area contributed by atoms with E-state index < -0.39 is 0 Å². The Hall–Kier alpha value is -1.50. The van der Waals surface area contributed by atoms with E-state index in [-0.39, 0.29) is 0 Å². The molecule has 1 saturated carbocycles. The Morgan fingerprint density at radius 3 is 2.61 bits per heavy atom. The fourth-order valence-electron chi connectivity index (χ4n) is 3.08. The van der Waals surface area contributed by atoms with Gasteiger partial charge in [-0.15, -0.1) is 0 Å². The second-order valence-corrected chi connectivity index (χ2v) is 5.54. The Balaban J connectivity index is 1.90. The van der Waals surface area contributed by atoms with Crippen molar-refractivity contribution in [2.75, 3.05) is 5.32 Å². The van der Waals surface area contributed by atoms with Gasteiger partial charge in [0.15, 0.2) is 0 Å². The topological polar surface area (TPSA) is 12.0 Å². The minimum absolute atomic E-state index is 0.643. The van der Waals surface area contributed by atoms with Gasteiger partial charge in [-0.2, -0.15) is 0 Å². The predicted octanol–water partition coefficient (Wildman–Crippen LogP) is 4.83. The van der Waals surface area contributed by atoms with Crippen LogP contribution in [0.25, 0.3) is 10.8 Å². The average Bonchev–Trinajstić information content (AvgIpc) is 2.42. The van der Waals surface area contributed by atoms with E-state index in [2.05, 4.69) is 54.7 Å². The minimum Gasteiger partial charge on any atom is -0.382 e. The molecule has 2 atom stereocenters. The quantitative estimate of drug-likeness (QED) is 0.791. The molecule has 2 aromatic carbocycles. The van der Waals surface area contributed by atoms with E-state index in [1.165, 1.54) is 42.1 Å². The normalized spacial score (nSPS) is 24.1. The first-order valence-electron chi connectivity index (χ1n) is 7.09. The molecule has 0 amide bonds. The van der Waals surface area contributed by atoms with Crippen LogP contribution in [-0.2, 0) is 0 Å². The second-order valence-electron chi connectivity index (χ2n) is 5.54. The van der Waals surface area contributed by atoms with Crippen molar-refractivity contribution >= 4 is 16.5 Å². The van der Waals surface area contributed by atoms with Crippen LogP contribution in [0.3, 0.4) is 0 Å². The van der Waals surface area contributed by atoms with Gasteiger partial charge >= 0.3 is 0 Å². The summed E-state index contributed by atoms with van der Waals surface area (Å²) in [5.74, 6) is 0.790. The molecule has 1 heteroatoms. The molecule has 1 fully saturated rings. The van der Waals surface area contributed by atoms with Gasteiger partial charge < -0.3 is 5.32 Å². The van der Waals surface area contributed by atoms with E-state index in [4.69, 9.17) is 0 Å². The summed E-state index contributed by atoms with van der Waals surface area (Å²) in [5.41, 5.74) is 1.30. The lowest BCUT2D eigenvalue weighted by molar-refractivity contribution is 0.350. The molecule has 0 spiro atoms. The summed E-state index contributed by atoms with van der Waals surface area (Å²) in [7, 11) is 0. The Morgan fingerprint density at radius 1 is 0.944 bits per heavy atom. The van der Waals surface area contributed by atoms with E-state index in [0.29, 0.717) is 6.04 Å². The molecule has 2 aromatic rings. The van der Waals surface area contributed by atoms with Gasteiger partial charge in [0.1, 0.15) is 0 Å². The summed E-state index contributed by atoms with van der Waals surface area (Å²) in [6.45, 7) is 2.38. The maximum Gasteiger partial charge on any atom is 0.0422 e. The summed E-state index contributed by atoms with van der Waals surface area (Å²) in [6.07, 6.45) is 5.44. The maximum atomic E-state index is 3.77. The number of benzene rings is 2. The Morgan fingerprint density at radius 2 is 1.72 bits per heavy atom. The number of nitrogens with one attached hydrogen (secondary N) is 1. The second kappa shape index (κ2) is 5.01. The van der Waals surface area contributed by atoms with Crippen LogP contribution in [0, 0.1) is 5.92 Å². The van der Waals surface area contributed by atoms with Crippen LogP contribution in [0.2, 0.25) is 0 Å². The standard InChI is InChI=1S/C17H21N/c1-13-7-2-5-11-16(13)18-17-12-6-9-14-8-3-4-10-15(14)17/h3-4,6,8-10,12-13,16,18H,2,5,7,11H2,1H3. The van der Waals surface area contributed by atoms with E-state index in [0.717, 1.165) is 5.92 Å². The highest BCUT2D eigenvalue weighted by molar-refractivity contribution is 5.93. The molecule has 0 aliphatic heterocycles. The van der Waals surface area contributed by atoms with Crippen LogP contribution in [0.4, 0.5) is 5.69 Å². The third kappa shape index (κ3) is 2.22. The van der Waals surface area contributed by atoms with Crippen LogP contribution in [0.1, 0.15) is 32.6 Å². The predicted molar refractivity (Wildman–Crippen MR) is 79.0 cm³/mol. The molecule has 3 rings (SSSR count). The maximum absolute atomic E-state index is 3.77. The number of anilines is 1. The fourth-order valence-corrected chi connectivity index (χ4v) is 3.08. The van der Waals surface area contributed by atoms with Crippen LogP contribution < -0.4 is 5.32 Å². The summed E-state index contributed by atoms with van der Waals surface area (Å²) >= 11 is 0. The van der Waals surface area contributed by atoms with Crippen LogP contribution >= 0.6 is 0 Å². The zero-order valence-corrected chi connectivity index (χ0v) is 11.0. The highest BCUT2D eigenvalue weighted by Crippen LogP contribution is 2.30. The first-order chi connectivity index (χ1) is 8.84. The highest BCUT2D eigenvalue weighted by atomic mass is 14.9. The lowest BCUT2D eigenvalue weighted by atomic mass is 9.85. The first-order valence-corrected chi connectivity index (χ1v) is 7.09. The van der Waals surface area contributed by atoms with Crippen LogP contribution in [0.15, 0.2) is 42.5 Å². The molecule has 2 unspecified atom stereocenters. The number of rotatable bonds is 2. The smallest absolute Gasteiger partial charge is 0.0422 e. The first kappa shape index (κ1) is 11.6. The van der Waals surface area contributed by atoms with Crippen molar-refractivity contribution in [1.82, 2.24) is 0 Å². The molecule has 1 nitrogen and oxygen atoms in total. The van der Waals surface area contributed by atoms with Crippen molar-refractivity contribution in [3.05, 3.63) is 42.5 Å². The van der Waals surface area contributed by atoms with E-state index in [9.17, 15) is 0 Å². The van der Waals surface area contributed by atoms with Crippen molar-refractivity contribution in [1.29, 1.82) is 0 Å². The third-order valence-corrected chi connectivity index (χ3v) is 4.24. The molecule has 94 valence electrons. The summed E-state index contributed by atoms with van der Waals surface area (Å²) in [6, 6.07) is 15.8. The van der Waals surface area contributed by atoms with Crippen molar-refractivity contribution in [3.8, 4) is 0 Å². The van der Waals surface area contributed by atoms with Gasteiger partial charge in [0.25, 0.3) is 0 Å². The number of hydrogen-bond donors (Lipinski definition) is 1. The molecule has 18 heavy (non-hydrogen) atoms. The highest BCUT2D eigenvalue weighted by Gasteiger charge is 2.21. The number of fused-ring (bicyclic) bond motifs is 1. The lowest BCUT2D eigenvalue weighted by Gasteiger charge is -2.30. The zero-order valence-electron chi connectivity index (χ0n) is 11.0. The van der Waals surface area contributed by atoms with E-state index in [1.54, 1.807) is 0 Å². The van der Waals surface area contributed by atoms with Crippen molar-refractivity contribution in [3.63, 3.8) is 0 Å². The molecule has 1 aliphatic carbocycles. The molecule has 0 radical (unpaired) electrons. The molecule has 1 N–H and O–H groups in total. The fraction of sp³-hybridized carbons (Fsp3) is 0.412. The summed E-state index contributed by atoms with van der Waals surface area (Å²) < 4.78 is 0. The minimum atomic E-state index is 0.643. The molecule has 0 heterocycles. The molecule has 0 saturated heterocycles. The lowest BCUT2D eigenvalue weighted by Crippen LogP contribution is -2.30.